The van der Waals surface area contributed by atoms with Crippen LogP contribution in [0.4, 0.5) is 0 Å². The standard InChI is InChI=1S/C31H35ClN4O3.CH4/c1-20(2)39-29-11-10-24(16-27(29)32)31(38)33-25(17-35-14-12-26(37)18-35)15-22-6-8-23(9-7-22)28-19-36-13-4-5-21(3)30(36)34-28;/h4-11,13,16,19-20,25-26,37H,12,14-15,17-18H2,1-3H3,(H,33,38);1H4/t25-,26?;/m0./s1. The minimum Gasteiger partial charge on any atom is -0.489 e. The first kappa shape index (κ1) is 29.6. The van der Waals surface area contributed by atoms with E-state index in [1.165, 1.54) is 0 Å². The summed E-state index contributed by atoms with van der Waals surface area (Å²) in [5.74, 6) is 0.376. The Kier molecular flexibility index (Phi) is 9.51. The monoisotopic (exact) mass is 562 g/mol. The molecule has 0 radical (unpaired) electrons. The van der Waals surface area contributed by atoms with Crippen LogP contribution < -0.4 is 10.1 Å². The Balaban J connectivity index is 0.00000370. The third-order valence-electron chi connectivity index (χ3n) is 7.03. The van der Waals surface area contributed by atoms with Crippen LogP contribution in [0.25, 0.3) is 16.9 Å². The molecular formula is C32H39ClN4O3. The summed E-state index contributed by atoms with van der Waals surface area (Å²) in [5.41, 5.74) is 5.66. The van der Waals surface area contributed by atoms with Crippen LogP contribution in [-0.4, -0.2) is 63.2 Å². The summed E-state index contributed by atoms with van der Waals surface area (Å²) >= 11 is 6.39. The molecule has 40 heavy (non-hydrogen) atoms. The number of fused-ring (bicyclic) bond motifs is 1. The van der Waals surface area contributed by atoms with Crippen molar-refractivity contribution in [2.45, 2.75) is 59.3 Å². The molecule has 1 unspecified atom stereocenters. The Morgan fingerprint density at radius 3 is 2.62 bits per heavy atom. The number of β-amino-alcohol motifs (C(OH)–C–C–N with tert-alkyl or cyclic N) is 1. The Hall–Kier alpha value is -3.39. The van der Waals surface area contributed by atoms with Gasteiger partial charge in [0.15, 0.2) is 0 Å². The van der Waals surface area contributed by atoms with E-state index >= 15 is 0 Å². The van der Waals surface area contributed by atoms with E-state index in [-0.39, 0.29) is 31.6 Å². The van der Waals surface area contributed by atoms with Crippen LogP contribution in [0, 0.1) is 6.92 Å². The molecule has 0 bridgehead atoms. The van der Waals surface area contributed by atoms with Gasteiger partial charge in [0.05, 0.1) is 22.9 Å². The van der Waals surface area contributed by atoms with Crippen LogP contribution in [0.3, 0.4) is 0 Å². The molecule has 1 fully saturated rings. The second-order valence-electron chi connectivity index (χ2n) is 10.6. The van der Waals surface area contributed by atoms with Crippen LogP contribution >= 0.6 is 11.6 Å². The lowest BCUT2D eigenvalue weighted by atomic mass is 10.0. The molecule has 0 aliphatic carbocycles. The number of hydrogen-bond donors (Lipinski definition) is 2. The van der Waals surface area contributed by atoms with Crippen LogP contribution in [0.2, 0.25) is 5.02 Å². The van der Waals surface area contributed by atoms with E-state index < -0.39 is 0 Å². The number of nitrogens with one attached hydrogen (secondary N) is 1. The molecule has 7 nitrogen and oxygen atoms in total. The number of amides is 1. The van der Waals surface area contributed by atoms with Gasteiger partial charge in [0.25, 0.3) is 5.91 Å². The van der Waals surface area contributed by atoms with Gasteiger partial charge in [-0.2, -0.15) is 0 Å². The maximum absolute atomic E-state index is 13.2. The number of nitrogens with zero attached hydrogens (tertiary/aromatic N) is 3. The van der Waals surface area contributed by atoms with Gasteiger partial charge in [0, 0.05) is 49.2 Å². The van der Waals surface area contributed by atoms with Gasteiger partial charge < -0.3 is 19.6 Å². The molecule has 1 aliphatic rings. The highest BCUT2D eigenvalue weighted by Gasteiger charge is 2.25. The Labute approximate surface area is 241 Å². The van der Waals surface area contributed by atoms with Gasteiger partial charge >= 0.3 is 0 Å². The summed E-state index contributed by atoms with van der Waals surface area (Å²) in [4.78, 5) is 20.2. The molecule has 1 saturated heterocycles. The van der Waals surface area contributed by atoms with Gasteiger partial charge in [-0.15, -0.1) is 0 Å². The third-order valence-corrected chi connectivity index (χ3v) is 7.32. The Bertz CT molecular complexity index is 1450. The number of aliphatic hydroxyl groups is 1. The molecule has 1 aliphatic heterocycles. The third kappa shape index (κ3) is 7.02. The maximum Gasteiger partial charge on any atom is 0.251 e. The number of benzene rings is 2. The summed E-state index contributed by atoms with van der Waals surface area (Å²) in [6.07, 6.45) is 5.13. The van der Waals surface area contributed by atoms with Crippen molar-refractivity contribution in [3.05, 3.63) is 88.7 Å². The lowest BCUT2D eigenvalue weighted by Crippen LogP contribution is -2.44. The highest BCUT2D eigenvalue weighted by Crippen LogP contribution is 2.27. The van der Waals surface area contributed by atoms with Crippen LogP contribution in [0.5, 0.6) is 5.75 Å². The molecule has 2 aromatic heterocycles. The number of pyridine rings is 1. The van der Waals surface area contributed by atoms with Crippen molar-refractivity contribution >= 4 is 23.2 Å². The average molecular weight is 563 g/mol. The molecule has 4 aromatic rings. The molecule has 3 heterocycles. The number of likely N-dealkylation sites (tertiary alicyclic amines) is 1. The summed E-state index contributed by atoms with van der Waals surface area (Å²) in [7, 11) is 0. The SMILES string of the molecule is C.Cc1cccn2cc(-c3ccc(C[C@@H](CN4CCC(O)C4)NC(=O)c4ccc(OC(C)C)c(Cl)c4)cc3)nc12. The zero-order valence-corrected chi connectivity index (χ0v) is 23.4. The van der Waals surface area contributed by atoms with Crippen molar-refractivity contribution in [1.29, 1.82) is 0 Å². The number of hydrogen-bond acceptors (Lipinski definition) is 5. The summed E-state index contributed by atoms with van der Waals surface area (Å²) < 4.78 is 7.75. The number of halogens is 1. The quantitative estimate of drug-likeness (QED) is 0.270. The number of rotatable bonds is 9. The zero-order valence-electron chi connectivity index (χ0n) is 22.6. The van der Waals surface area contributed by atoms with Gasteiger partial charge in [-0.05, 0) is 69.0 Å². The molecule has 8 heteroatoms. The summed E-state index contributed by atoms with van der Waals surface area (Å²) in [5, 5.41) is 13.6. The van der Waals surface area contributed by atoms with Gasteiger partial charge in [-0.25, -0.2) is 4.98 Å². The van der Waals surface area contributed by atoms with Gasteiger partial charge in [0.2, 0.25) is 0 Å². The largest absolute Gasteiger partial charge is 0.489 e. The maximum atomic E-state index is 13.2. The minimum absolute atomic E-state index is 0. The molecule has 5 rings (SSSR count). The summed E-state index contributed by atoms with van der Waals surface area (Å²) in [6.45, 7) is 8.01. The minimum atomic E-state index is -0.318. The van der Waals surface area contributed by atoms with E-state index in [2.05, 4.69) is 47.5 Å². The molecule has 0 spiro atoms. The number of carbonyl (C=O) groups excluding carboxylic acids is 1. The van der Waals surface area contributed by atoms with E-state index in [4.69, 9.17) is 21.3 Å². The number of aliphatic hydroxyl groups excluding tert-OH is 1. The zero-order chi connectivity index (χ0) is 27.5. The molecule has 2 atom stereocenters. The topological polar surface area (TPSA) is 79.1 Å². The molecule has 2 aromatic carbocycles. The Morgan fingerprint density at radius 2 is 1.98 bits per heavy atom. The normalized spacial score (nSPS) is 16.2. The Morgan fingerprint density at radius 1 is 1.20 bits per heavy atom. The fraction of sp³-hybridized carbons (Fsp3) is 0.375. The van der Waals surface area contributed by atoms with E-state index in [9.17, 15) is 9.90 Å². The van der Waals surface area contributed by atoms with E-state index in [0.29, 0.717) is 35.8 Å². The smallest absolute Gasteiger partial charge is 0.251 e. The van der Waals surface area contributed by atoms with Gasteiger partial charge in [-0.1, -0.05) is 49.4 Å². The van der Waals surface area contributed by atoms with Crippen molar-refractivity contribution in [2.24, 2.45) is 0 Å². The first-order chi connectivity index (χ1) is 18.7. The fourth-order valence-corrected chi connectivity index (χ4v) is 5.33. The molecule has 1 amide bonds. The predicted molar refractivity (Wildman–Crippen MR) is 161 cm³/mol. The van der Waals surface area contributed by atoms with E-state index in [0.717, 1.165) is 41.0 Å². The van der Waals surface area contributed by atoms with Crippen molar-refractivity contribution in [1.82, 2.24) is 19.6 Å². The highest BCUT2D eigenvalue weighted by molar-refractivity contribution is 6.32. The number of aromatic nitrogens is 2. The number of imidazole rings is 1. The first-order valence-corrected chi connectivity index (χ1v) is 13.8. The highest BCUT2D eigenvalue weighted by atomic mass is 35.5. The lowest BCUT2D eigenvalue weighted by molar-refractivity contribution is 0.0925. The van der Waals surface area contributed by atoms with E-state index in [1.54, 1.807) is 18.2 Å². The second-order valence-corrected chi connectivity index (χ2v) is 11.0. The van der Waals surface area contributed by atoms with Crippen molar-refractivity contribution in [3.8, 4) is 17.0 Å². The number of ether oxygens (including phenoxy) is 1. The predicted octanol–water partition coefficient (Wildman–Crippen LogP) is 5.79. The van der Waals surface area contributed by atoms with E-state index in [1.807, 2.05) is 36.7 Å². The van der Waals surface area contributed by atoms with Gasteiger partial charge in [0.1, 0.15) is 11.4 Å². The fourth-order valence-electron chi connectivity index (χ4n) is 5.10. The number of carbonyl (C=O) groups is 1. The van der Waals surface area contributed by atoms with Crippen molar-refractivity contribution < 1.29 is 14.6 Å². The van der Waals surface area contributed by atoms with Crippen LogP contribution in [0.15, 0.2) is 67.0 Å². The van der Waals surface area contributed by atoms with Crippen LogP contribution in [0.1, 0.15) is 49.2 Å². The summed E-state index contributed by atoms with van der Waals surface area (Å²) in [6, 6.07) is 17.4. The lowest BCUT2D eigenvalue weighted by Gasteiger charge is -2.25. The molecule has 0 saturated carbocycles. The molecular weight excluding hydrogens is 524 g/mol. The van der Waals surface area contributed by atoms with Gasteiger partial charge in [-0.3, -0.25) is 9.69 Å². The molecule has 212 valence electrons. The van der Waals surface area contributed by atoms with Crippen molar-refractivity contribution in [2.75, 3.05) is 19.6 Å². The number of aryl methyl sites for hydroxylation is 1. The average Bonchev–Trinajstić information content (AvgIpc) is 3.52. The second kappa shape index (κ2) is 12.9. The van der Waals surface area contributed by atoms with Crippen LogP contribution in [-0.2, 0) is 6.42 Å². The van der Waals surface area contributed by atoms with Crippen molar-refractivity contribution in [3.63, 3.8) is 0 Å². The first-order valence-electron chi connectivity index (χ1n) is 13.5. The molecule has 2 N–H and O–H groups in total.